The molecule has 154 valence electrons. The summed E-state index contributed by atoms with van der Waals surface area (Å²) in [6.45, 7) is 0. The molecule has 0 aromatic heterocycles. The number of hydrogen-bond acceptors (Lipinski definition) is 3. The quantitative estimate of drug-likeness (QED) is 0.680. The van der Waals surface area contributed by atoms with Crippen molar-refractivity contribution in [2.24, 2.45) is 0 Å². The van der Waals surface area contributed by atoms with Gasteiger partial charge in [0, 0.05) is 5.69 Å². The molecule has 0 radical (unpaired) electrons. The highest BCUT2D eigenvalue weighted by atomic mass is 32.2. The number of carbonyl (C=O) groups excluding carboxylic acids is 1. The SMILES string of the molecule is O=C(Nc1ccccc1)C1CCc2ccccc2N1S(=O)(=O)c1ccc(F)c(F)c1. The van der Waals surface area contributed by atoms with Crippen LogP contribution < -0.4 is 9.62 Å². The minimum absolute atomic E-state index is 0.249. The summed E-state index contributed by atoms with van der Waals surface area (Å²) in [4.78, 5) is 12.6. The normalized spacial score (nSPS) is 16.1. The Kier molecular flexibility index (Phi) is 5.26. The van der Waals surface area contributed by atoms with Gasteiger partial charge in [0.15, 0.2) is 11.6 Å². The fourth-order valence-electron chi connectivity index (χ4n) is 3.55. The van der Waals surface area contributed by atoms with E-state index in [0.29, 0.717) is 23.9 Å². The van der Waals surface area contributed by atoms with Crippen LogP contribution in [0.2, 0.25) is 0 Å². The lowest BCUT2D eigenvalue weighted by molar-refractivity contribution is -0.117. The molecule has 1 aliphatic rings. The van der Waals surface area contributed by atoms with Gasteiger partial charge in [0.25, 0.3) is 10.0 Å². The van der Waals surface area contributed by atoms with Gasteiger partial charge in [-0.3, -0.25) is 9.10 Å². The van der Waals surface area contributed by atoms with Gasteiger partial charge in [-0.2, -0.15) is 0 Å². The summed E-state index contributed by atoms with van der Waals surface area (Å²) in [7, 11) is -4.34. The molecule has 0 saturated carbocycles. The molecule has 3 aromatic carbocycles. The Morgan fingerprint density at radius 2 is 1.63 bits per heavy atom. The summed E-state index contributed by atoms with van der Waals surface area (Å²) in [5.41, 5.74) is 1.64. The molecule has 1 unspecified atom stereocenters. The lowest BCUT2D eigenvalue weighted by Crippen LogP contribution is -2.50. The lowest BCUT2D eigenvalue weighted by atomic mass is 9.97. The molecular weight excluding hydrogens is 410 g/mol. The van der Waals surface area contributed by atoms with Crippen LogP contribution in [-0.4, -0.2) is 20.4 Å². The van der Waals surface area contributed by atoms with Crippen LogP contribution in [0.15, 0.2) is 77.7 Å². The van der Waals surface area contributed by atoms with Gasteiger partial charge in [-0.05, 0) is 54.8 Å². The number of para-hydroxylation sites is 2. The number of hydrogen-bond donors (Lipinski definition) is 1. The Bertz CT molecular complexity index is 1200. The maximum Gasteiger partial charge on any atom is 0.265 e. The molecule has 1 amide bonds. The van der Waals surface area contributed by atoms with Gasteiger partial charge in [-0.15, -0.1) is 0 Å². The van der Waals surface area contributed by atoms with Crippen molar-refractivity contribution in [3.05, 3.63) is 90.0 Å². The first kappa shape index (κ1) is 20.0. The number of sulfonamides is 1. The summed E-state index contributed by atoms with van der Waals surface area (Å²) in [5.74, 6) is -2.92. The van der Waals surface area contributed by atoms with E-state index in [1.165, 1.54) is 0 Å². The van der Waals surface area contributed by atoms with Gasteiger partial charge in [0.05, 0.1) is 10.6 Å². The van der Waals surface area contributed by atoms with Crippen LogP contribution in [-0.2, 0) is 21.2 Å². The first-order valence-electron chi connectivity index (χ1n) is 9.31. The summed E-state index contributed by atoms with van der Waals surface area (Å²) in [6, 6.07) is 16.9. The van der Waals surface area contributed by atoms with Crippen LogP contribution in [0.4, 0.5) is 20.2 Å². The second-order valence-electron chi connectivity index (χ2n) is 6.92. The minimum Gasteiger partial charge on any atom is -0.324 e. The van der Waals surface area contributed by atoms with Crippen molar-refractivity contribution in [3.63, 3.8) is 0 Å². The Balaban J connectivity index is 1.78. The molecule has 1 aliphatic heterocycles. The minimum atomic E-state index is -4.34. The summed E-state index contributed by atoms with van der Waals surface area (Å²) in [5, 5.41) is 2.74. The van der Waals surface area contributed by atoms with Gasteiger partial charge in [-0.1, -0.05) is 36.4 Å². The Morgan fingerprint density at radius 1 is 0.933 bits per heavy atom. The number of nitrogens with one attached hydrogen (secondary N) is 1. The highest BCUT2D eigenvalue weighted by molar-refractivity contribution is 7.93. The van der Waals surface area contributed by atoms with Crippen molar-refractivity contribution >= 4 is 27.3 Å². The molecule has 1 atom stereocenters. The van der Waals surface area contributed by atoms with Crippen LogP contribution in [0.5, 0.6) is 0 Å². The smallest absolute Gasteiger partial charge is 0.265 e. The zero-order valence-electron chi connectivity index (χ0n) is 15.8. The molecule has 5 nitrogen and oxygen atoms in total. The van der Waals surface area contributed by atoms with E-state index in [1.807, 2.05) is 0 Å². The number of rotatable bonds is 4. The number of benzene rings is 3. The van der Waals surface area contributed by atoms with Crippen LogP contribution in [0.25, 0.3) is 0 Å². The third kappa shape index (κ3) is 3.66. The standard InChI is InChI=1S/C22H18F2N2O3S/c23-18-12-11-17(14-19(18)24)30(28,29)26-20-9-5-4-6-15(20)10-13-21(26)22(27)25-16-7-2-1-3-8-16/h1-9,11-12,14,21H,10,13H2,(H,25,27). The van der Waals surface area contributed by atoms with E-state index in [4.69, 9.17) is 0 Å². The fraction of sp³-hybridized carbons (Fsp3) is 0.136. The molecule has 3 aromatic rings. The lowest BCUT2D eigenvalue weighted by Gasteiger charge is -2.36. The number of halogens is 2. The van der Waals surface area contributed by atoms with E-state index in [-0.39, 0.29) is 6.42 Å². The number of nitrogens with zero attached hydrogens (tertiary/aromatic N) is 1. The van der Waals surface area contributed by atoms with Crippen LogP contribution in [0.1, 0.15) is 12.0 Å². The van der Waals surface area contributed by atoms with E-state index in [9.17, 15) is 22.0 Å². The first-order chi connectivity index (χ1) is 14.4. The van der Waals surface area contributed by atoms with E-state index < -0.39 is 38.5 Å². The third-order valence-corrected chi connectivity index (χ3v) is 6.81. The molecule has 0 saturated heterocycles. The topological polar surface area (TPSA) is 66.5 Å². The third-order valence-electron chi connectivity index (χ3n) is 4.99. The summed E-state index contributed by atoms with van der Waals surface area (Å²) < 4.78 is 55.0. The Labute approximate surface area is 173 Å². The van der Waals surface area contributed by atoms with Crippen molar-refractivity contribution in [1.82, 2.24) is 0 Å². The Hall–Kier alpha value is -3.26. The largest absolute Gasteiger partial charge is 0.324 e. The van der Waals surface area contributed by atoms with Crippen LogP contribution in [0.3, 0.4) is 0 Å². The van der Waals surface area contributed by atoms with Crippen LogP contribution >= 0.6 is 0 Å². The van der Waals surface area contributed by atoms with Gasteiger partial charge >= 0.3 is 0 Å². The number of carbonyl (C=O) groups is 1. The van der Waals surface area contributed by atoms with Crippen molar-refractivity contribution in [2.75, 3.05) is 9.62 Å². The van der Waals surface area contributed by atoms with Crippen molar-refractivity contribution < 1.29 is 22.0 Å². The van der Waals surface area contributed by atoms with Gasteiger partial charge in [-0.25, -0.2) is 17.2 Å². The van der Waals surface area contributed by atoms with Gasteiger partial charge in [0.1, 0.15) is 6.04 Å². The van der Waals surface area contributed by atoms with Crippen LogP contribution in [0, 0.1) is 11.6 Å². The van der Waals surface area contributed by atoms with E-state index >= 15 is 0 Å². The van der Waals surface area contributed by atoms with E-state index in [1.54, 1.807) is 54.6 Å². The highest BCUT2D eigenvalue weighted by Crippen LogP contribution is 2.36. The average molecular weight is 428 g/mol. The predicted octanol–water partition coefficient (Wildman–Crippen LogP) is 4.11. The van der Waals surface area contributed by atoms with Gasteiger partial charge in [0.2, 0.25) is 5.91 Å². The molecule has 0 bridgehead atoms. The highest BCUT2D eigenvalue weighted by Gasteiger charge is 2.40. The zero-order valence-corrected chi connectivity index (χ0v) is 16.6. The average Bonchev–Trinajstić information content (AvgIpc) is 2.75. The van der Waals surface area contributed by atoms with Gasteiger partial charge < -0.3 is 5.32 Å². The molecule has 1 heterocycles. The predicted molar refractivity (Wildman–Crippen MR) is 110 cm³/mol. The maximum absolute atomic E-state index is 13.8. The molecule has 0 fully saturated rings. The number of amides is 1. The van der Waals surface area contributed by atoms with Crippen molar-refractivity contribution in [1.29, 1.82) is 0 Å². The van der Waals surface area contributed by atoms with E-state index in [2.05, 4.69) is 5.32 Å². The number of fused-ring (bicyclic) bond motifs is 1. The van der Waals surface area contributed by atoms with Crippen molar-refractivity contribution in [2.45, 2.75) is 23.8 Å². The number of aryl methyl sites for hydroxylation is 1. The molecule has 30 heavy (non-hydrogen) atoms. The first-order valence-corrected chi connectivity index (χ1v) is 10.8. The summed E-state index contributed by atoms with van der Waals surface area (Å²) >= 11 is 0. The molecule has 4 rings (SSSR count). The number of anilines is 2. The molecule has 0 spiro atoms. The zero-order chi connectivity index (χ0) is 21.3. The molecular formula is C22H18F2N2O3S. The second kappa shape index (κ2) is 7.87. The maximum atomic E-state index is 13.8. The fourth-order valence-corrected chi connectivity index (χ4v) is 5.24. The Morgan fingerprint density at radius 3 is 2.37 bits per heavy atom. The molecule has 1 N–H and O–H groups in total. The molecule has 0 aliphatic carbocycles. The summed E-state index contributed by atoms with van der Waals surface area (Å²) in [6.07, 6.45) is 0.755. The molecule has 8 heteroatoms. The van der Waals surface area contributed by atoms with E-state index in [0.717, 1.165) is 22.0 Å². The monoisotopic (exact) mass is 428 g/mol. The van der Waals surface area contributed by atoms with Crippen molar-refractivity contribution in [3.8, 4) is 0 Å². The second-order valence-corrected chi connectivity index (χ2v) is 8.73.